The molecule has 2 saturated heterocycles. The van der Waals surface area contributed by atoms with Crippen LogP contribution in [0.3, 0.4) is 0 Å². The fraction of sp³-hybridized carbons (Fsp3) is 0.556. The zero-order valence-electron chi connectivity index (χ0n) is 18.2. The quantitative estimate of drug-likeness (QED) is 0.774. The molecule has 2 unspecified atom stereocenters. The van der Waals surface area contributed by atoms with Gasteiger partial charge < -0.3 is 10.1 Å². The summed E-state index contributed by atoms with van der Waals surface area (Å²) in [6.45, 7) is 5.28. The molecule has 3 aliphatic rings. The fourth-order valence-electron chi connectivity index (χ4n) is 6.51. The lowest BCUT2D eigenvalue weighted by Crippen LogP contribution is -2.62. The predicted octanol–water partition coefficient (Wildman–Crippen LogP) is 4.81. The van der Waals surface area contributed by atoms with Crippen molar-refractivity contribution in [2.24, 2.45) is 5.41 Å². The molecule has 2 aliphatic heterocycles. The second-order valence-corrected chi connectivity index (χ2v) is 9.87. The maximum absolute atomic E-state index is 6.52. The van der Waals surface area contributed by atoms with Gasteiger partial charge in [0.2, 0.25) is 0 Å². The number of nitrogens with one attached hydrogen (secondary N) is 1. The number of nitrogens with zero attached hydrogens (tertiary/aromatic N) is 1. The van der Waals surface area contributed by atoms with E-state index in [0.717, 1.165) is 39.2 Å². The van der Waals surface area contributed by atoms with Crippen molar-refractivity contribution in [3.05, 3.63) is 71.8 Å². The van der Waals surface area contributed by atoms with Crippen molar-refractivity contribution in [1.82, 2.24) is 10.2 Å². The van der Waals surface area contributed by atoms with E-state index in [4.69, 9.17) is 4.74 Å². The molecular formula is C27H36N2O. The summed E-state index contributed by atoms with van der Waals surface area (Å²) in [5, 5.41) is 3.75. The van der Waals surface area contributed by atoms with Crippen LogP contribution in [0.15, 0.2) is 60.7 Å². The van der Waals surface area contributed by atoms with Crippen LogP contribution < -0.4 is 5.32 Å². The maximum atomic E-state index is 6.52. The lowest BCUT2D eigenvalue weighted by atomic mass is 9.63. The summed E-state index contributed by atoms with van der Waals surface area (Å²) >= 11 is 0. The van der Waals surface area contributed by atoms with Gasteiger partial charge in [0.1, 0.15) is 0 Å². The number of hydrogen-bond donors (Lipinski definition) is 1. The van der Waals surface area contributed by atoms with E-state index in [1.807, 2.05) is 0 Å². The van der Waals surface area contributed by atoms with E-state index < -0.39 is 0 Å². The highest BCUT2D eigenvalue weighted by Crippen LogP contribution is 2.51. The topological polar surface area (TPSA) is 24.5 Å². The summed E-state index contributed by atoms with van der Waals surface area (Å²) in [7, 11) is 0. The highest BCUT2D eigenvalue weighted by molar-refractivity contribution is 5.20. The Morgan fingerprint density at radius 3 is 2.33 bits per heavy atom. The normalized spacial score (nSPS) is 29.3. The summed E-state index contributed by atoms with van der Waals surface area (Å²) in [5.74, 6) is 0. The third-order valence-electron chi connectivity index (χ3n) is 7.89. The highest BCUT2D eigenvalue weighted by Gasteiger charge is 2.52. The van der Waals surface area contributed by atoms with Gasteiger partial charge in [-0.25, -0.2) is 0 Å². The van der Waals surface area contributed by atoms with Crippen LogP contribution in [0.4, 0.5) is 0 Å². The SMILES string of the molecule is c1ccc(CN2CCNCC2C2(Cc3ccccc3)CCOC3(CCCC3)C2)cc1. The van der Waals surface area contributed by atoms with Gasteiger partial charge in [-0.1, -0.05) is 73.5 Å². The minimum absolute atomic E-state index is 0.128. The summed E-state index contributed by atoms with van der Waals surface area (Å²) < 4.78 is 6.52. The Hall–Kier alpha value is -1.68. The average molecular weight is 405 g/mol. The zero-order valence-corrected chi connectivity index (χ0v) is 18.2. The van der Waals surface area contributed by atoms with Crippen LogP contribution in [0.5, 0.6) is 0 Å². The van der Waals surface area contributed by atoms with E-state index in [0.29, 0.717) is 6.04 Å². The van der Waals surface area contributed by atoms with E-state index in [1.165, 1.54) is 49.7 Å². The standard InChI is InChI=1S/C27H36N2O/c1-3-9-23(10-4-1)19-26(15-18-30-27(22-26)13-7-8-14-27)25-20-28-16-17-29(25)21-24-11-5-2-6-12-24/h1-6,9-12,25,28H,7-8,13-22H2. The van der Waals surface area contributed by atoms with Crippen LogP contribution in [-0.4, -0.2) is 42.8 Å². The van der Waals surface area contributed by atoms with Gasteiger partial charge in [0.25, 0.3) is 0 Å². The van der Waals surface area contributed by atoms with Crippen molar-refractivity contribution >= 4 is 0 Å². The molecule has 2 heterocycles. The van der Waals surface area contributed by atoms with Gasteiger partial charge in [-0.3, -0.25) is 4.90 Å². The van der Waals surface area contributed by atoms with E-state index in [1.54, 1.807) is 0 Å². The molecule has 0 aromatic heterocycles. The third-order valence-corrected chi connectivity index (χ3v) is 7.89. The van der Waals surface area contributed by atoms with Crippen molar-refractivity contribution in [2.45, 2.75) is 63.1 Å². The second kappa shape index (κ2) is 8.82. The van der Waals surface area contributed by atoms with E-state index in [9.17, 15) is 0 Å². The van der Waals surface area contributed by atoms with E-state index in [-0.39, 0.29) is 11.0 Å². The summed E-state index contributed by atoms with van der Waals surface area (Å²) in [4.78, 5) is 2.78. The van der Waals surface area contributed by atoms with Gasteiger partial charge in [0.15, 0.2) is 0 Å². The first-order chi connectivity index (χ1) is 14.8. The first-order valence-corrected chi connectivity index (χ1v) is 11.9. The maximum Gasteiger partial charge on any atom is 0.0688 e. The first kappa shape index (κ1) is 20.2. The van der Waals surface area contributed by atoms with Gasteiger partial charge in [-0.2, -0.15) is 0 Å². The molecular weight excluding hydrogens is 368 g/mol. The number of piperazine rings is 1. The van der Waals surface area contributed by atoms with Gasteiger partial charge in [-0.15, -0.1) is 0 Å². The number of ether oxygens (including phenoxy) is 1. The molecule has 1 saturated carbocycles. The molecule has 1 N–H and O–H groups in total. The largest absolute Gasteiger partial charge is 0.375 e. The molecule has 2 aromatic carbocycles. The summed E-state index contributed by atoms with van der Waals surface area (Å²) in [6, 6.07) is 22.8. The molecule has 3 heteroatoms. The monoisotopic (exact) mass is 404 g/mol. The van der Waals surface area contributed by atoms with Gasteiger partial charge in [0, 0.05) is 38.8 Å². The number of hydrogen-bond acceptors (Lipinski definition) is 3. The molecule has 1 spiro atoms. The number of rotatable bonds is 5. The molecule has 3 fully saturated rings. The van der Waals surface area contributed by atoms with Crippen molar-refractivity contribution in [3.63, 3.8) is 0 Å². The lowest BCUT2D eigenvalue weighted by Gasteiger charge is -2.55. The van der Waals surface area contributed by atoms with E-state index in [2.05, 4.69) is 70.9 Å². The molecule has 0 radical (unpaired) electrons. The van der Waals surface area contributed by atoms with Crippen LogP contribution in [0, 0.1) is 5.41 Å². The zero-order chi connectivity index (χ0) is 20.3. The van der Waals surface area contributed by atoms with Gasteiger partial charge in [-0.05, 0) is 48.6 Å². The highest BCUT2D eigenvalue weighted by atomic mass is 16.5. The molecule has 30 heavy (non-hydrogen) atoms. The molecule has 0 bridgehead atoms. The Balaban J connectivity index is 1.47. The fourth-order valence-corrected chi connectivity index (χ4v) is 6.51. The van der Waals surface area contributed by atoms with Crippen LogP contribution in [0.2, 0.25) is 0 Å². The minimum atomic E-state index is 0.128. The number of benzene rings is 2. The third kappa shape index (κ3) is 4.21. The van der Waals surface area contributed by atoms with Crippen LogP contribution in [0.1, 0.15) is 49.7 Å². The Morgan fingerprint density at radius 2 is 1.60 bits per heavy atom. The lowest BCUT2D eigenvalue weighted by molar-refractivity contribution is -0.146. The Morgan fingerprint density at radius 1 is 0.900 bits per heavy atom. The molecule has 160 valence electrons. The van der Waals surface area contributed by atoms with Gasteiger partial charge in [0.05, 0.1) is 5.60 Å². The predicted molar refractivity (Wildman–Crippen MR) is 122 cm³/mol. The Labute approximate surface area is 181 Å². The second-order valence-electron chi connectivity index (χ2n) is 9.87. The van der Waals surface area contributed by atoms with E-state index >= 15 is 0 Å². The molecule has 3 nitrogen and oxygen atoms in total. The summed E-state index contributed by atoms with van der Waals surface area (Å²) in [5.41, 5.74) is 3.31. The smallest absolute Gasteiger partial charge is 0.0688 e. The van der Waals surface area contributed by atoms with Crippen molar-refractivity contribution in [1.29, 1.82) is 0 Å². The van der Waals surface area contributed by atoms with Crippen LogP contribution in [-0.2, 0) is 17.7 Å². The van der Waals surface area contributed by atoms with Crippen LogP contribution in [0.25, 0.3) is 0 Å². The van der Waals surface area contributed by atoms with Crippen molar-refractivity contribution in [2.75, 3.05) is 26.2 Å². The van der Waals surface area contributed by atoms with Crippen molar-refractivity contribution in [3.8, 4) is 0 Å². The Kier molecular flexibility index (Phi) is 5.95. The van der Waals surface area contributed by atoms with Crippen LogP contribution >= 0.6 is 0 Å². The van der Waals surface area contributed by atoms with Crippen molar-refractivity contribution < 1.29 is 4.74 Å². The molecule has 2 atom stereocenters. The van der Waals surface area contributed by atoms with Gasteiger partial charge >= 0.3 is 0 Å². The Bertz CT molecular complexity index is 802. The molecule has 0 amide bonds. The molecule has 1 aliphatic carbocycles. The minimum Gasteiger partial charge on any atom is -0.375 e. The average Bonchev–Trinajstić information content (AvgIpc) is 3.23. The molecule has 5 rings (SSSR count). The first-order valence-electron chi connectivity index (χ1n) is 11.9. The summed E-state index contributed by atoms with van der Waals surface area (Å²) in [6.07, 6.45) is 8.71. The molecule has 2 aromatic rings.